The summed E-state index contributed by atoms with van der Waals surface area (Å²) in [4.78, 5) is 25.3. The average Bonchev–Trinajstić information content (AvgIpc) is 2.50. The first-order valence-corrected chi connectivity index (χ1v) is 7.88. The zero-order chi connectivity index (χ0) is 15.9. The molecule has 1 saturated heterocycles. The maximum absolute atomic E-state index is 11.8. The topological polar surface area (TPSA) is 81.7 Å². The first kappa shape index (κ1) is 17.8. The molecule has 1 unspecified atom stereocenters. The van der Waals surface area contributed by atoms with Gasteiger partial charge in [-0.25, -0.2) is 4.79 Å². The van der Waals surface area contributed by atoms with Crippen molar-refractivity contribution in [1.29, 1.82) is 0 Å². The summed E-state index contributed by atoms with van der Waals surface area (Å²) < 4.78 is 0. The van der Waals surface area contributed by atoms with Gasteiger partial charge in [-0.15, -0.1) is 0 Å². The number of carbonyl (C=O) groups is 2. The number of amides is 2. The highest BCUT2D eigenvalue weighted by atomic mass is 16.4. The third kappa shape index (κ3) is 5.53. The van der Waals surface area contributed by atoms with Gasteiger partial charge in [0, 0.05) is 13.1 Å². The van der Waals surface area contributed by atoms with Crippen molar-refractivity contribution in [3.05, 3.63) is 0 Å². The van der Waals surface area contributed by atoms with Crippen LogP contribution in [0.15, 0.2) is 0 Å². The van der Waals surface area contributed by atoms with Crippen molar-refractivity contribution < 1.29 is 14.7 Å². The normalized spacial score (nSPS) is 19.8. The highest BCUT2D eigenvalue weighted by Gasteiger charge is 2.31. The molecule has 0 aliphatic carbocycles. The lowest BCUT2D eigenvalue weighted by Gasteiger charge is -2.31. The zero-order valence-corrected chi connectivity index (χ0v) is 13.4. The fourth-order valence-electron chi connectivity index (χ4n) is 2.43. The second-order valence-electron chi connectivity index (χ2n) is 6.16. The molecule has 1 aliphatic rings. The van der Waals surface area contributed by atoms with Crippen LogP contribution in [-0.4, -0.2) is 54.7 Å². The molecule has 1 heterocycles. The van der Waals surface area contributed by atoms with E-state index in [1.54, 1.807) is 6.92 Å². The van der Waals surface area contributed by atoms with Gasteiger partial charge in [0.15, 0.2) is 0 Å². The lowest BCUT2D eigenvalue weighted by molar-refractivity contribution is -0.147. The summed E-state index contributed by atoms with van der Waals surface area (Å²) in [7, 11) is 0. The van der Waals surface area contributed by atoms with Gasteiger partial charge >= 0.3 is 12.0 Å². The molecular weight excluding hydrogens is 270 g/mol. The smallest absolute Gasteiger partial charge is 0.314 e. The number of nitrogens with zero attached hydrogens (tertiary/aromatic N) is 1. The van der Waals surface area contributed by atoms with Crippen molar-refractivity contribution >= 4 is 12.0 Å². The minimum Gasteiger partial charge on any atom is -0.481 e. The summed E-state index contributed by atoms with van der Waals surface area (Å²) in [5.74, 6) is -0.354. The van der Waals surface area contributed by atoms with Crippen LogP contribution in [0.25, 0.3) is 0 Å². The van der Waals surface area contributed by atoms with Gasteiger partial charge in [-0.2, -0.15) is 0 Å². The van der Waals surface area contributed by atoms with Crippen LogP contribution in [0.2, 0.25) is 0 Å². The molecule has 122 valence electrons. The van der Waals surface area contributed by atoms with E-state index in [-0.39, 0.29) is 12.6 Å². The Morgan fingerprint density at radius 2 is 1.86 bits per heavy atom. The number of aliphatic carboxylic acids is 1. The molecule has 0 saturated carbocycles. The Hall–Kier alpha value is -1.30. The molecule has 1 rings (SSSR count). The Balaban J connectivity index is 2.24. The van der Waals surface area contributed by atoms with E-state index in [0.29, 0.717) is 18.9 Å². The lowest BCUT2D eigenvalue weighted by Crippen LogP contribution is -2.46. The minimum absolute atomic E-state index is 0.152. The molecule has 6 nitrogen and oxygen atoms in total. The second-order valence-corrected chi connectivity index (χ2v) is 6.16. The molecule has 0 radical (unpaired) electrons. The minimum atomic E-state index is -0.899. The molecular formula is C15H29N3O3. The predicted octanol–water partition coefficient (Wildman–Crippen LogP) is 1.52. The molecule has 2 amide bonds. The molecule has 1 fully saturated rings. The summed E-state index contributed by atoms with van der Waals surface area (Å²) in [6.07, 6.45) is 2.70. The second kappa shape index (κ2) is 8.22. The van der Waals surface area contributed by atoms with E-state index in [0.717, 1.165) is 32.5 Å². The van der Waals surface area contributed by atoms with Crippen LogP contribution in [0.5, 0.6) is 0 Å². The number of carbonyl (C=O) groups excluding carboxylic acids is 1. The summed E-state index contributed by atoms with van der Waals surface area (Å²) in [6.45, 7) is 9.73. The fraction of sp³-hybridized carbons (Fsp3) is 0.867. The Bertz CT molecular complexity index is 354. The van der Waals surface area contributed by atoms with Crippen LogP contribution in [-0.2, 0) is 4.79 Å². The van der Waals surface area contributed by atoms with Gasteiger partial charge in [0.2, 0.25) is 0 Å². The molecule has 1 atom stereocenters. The molecule has 1 aliphatic heterocycles. The van der Waals surface area contributed by atoms with E-state index in [2.05, 4.69) is 22.5 Å². The van der Waals surface area contributed by atoms with Crippen molar-refractivity contribution in [3.63, 3.8) is 0 Å². The van der Waals surface area contributed by atoms with Gasteiger partial charge < -0.3 is 20.6 Å². The van der Waals surface area contributed by atoms with Gasteiger partial charge in [-0.05, 0) is 51.7 Å². The van der Waals surface area contributed by atoms with Crippen LogP contribution >= 0.6 is 0 Å². The largest absolute Gasteiger partial charge is 0.481 e. The van der Waals surface area contributed by atoms with E-state index in [1.165, 1.54) is 0 Å². The van der Waals surface area contributed by atoms with Crippen LogP contribution in [0.4, 0.5) is 4.79 Å². The standard InChI is InChI=1S/C15H29N3O3/c1-4-15(3,13(19)20)11-17-14(21)16-10-12-6-8-18(5-2)9-7-12/h12H,4-11H2,1-3H3,(H,19,20)(H2,16,17,21). The van der Waals surface area contributed by atoms with E-state index in [4.69, 9.17) is 5.11 Å². The van der Waals surface area contributed by atoms with Crippen LogP contribution in [0.1, 0.15) is 40.0 Å². The Morgan fingerprint density at radius 3 is 2.33 bits per heavy atom. The number of hydrogen-bond donors (Lipinski definition) is 3. The predicted molar refractivity (Wildman–Crippen MR) is 82.3 cm³/mol. The number of carboxylic acid groups (broad SMARTS) is 1. The molecule has 6 heteroatoms. The van der Waals surface area contributed by atoms with E-state index in [9.17, 15) is 9.59 Å². The SMILES string of the molecule is CCN1CCC(CNC(=O)NCC(C)(CC)C(=O)O)CC1. The van der Waals surface area contributed by atoms with Crippen LogP contribution in [0, 0.1) is 11.3 Å². The Kier molecular flexibility index (Phi) is 6.95. The number of urea groups is 1. The third-order valence-corrected chi connectivity index (χ3v) is 4.64. The highest BCUT2D eigenvalue weighted by molar-refractivity contribution is 5.77. The number of likely N-dealkylation sites (tertiary alicyclic amines) is 1. The highest BCUT2D eigenvalue weighted by Crippen LogP contribution is 2.20. The number of nitrogens with one attached hydrogen (secondary N) is 2. The average molecular weight is 299 g/mol. The maximum atomic E-state index is 11.8. The molecule has 0 spiro atoms. The van der Waals surface area contributed by atoms with E-state index < -0.39 is 11.4 Å². The zero-order valence-electron chi connectivity index (χ0n) is 13.4. The Morgan fingerprint density at radius 1 is 1.24 bits per heavy atom. The fourth-order valence-corrected chi connectivity index (χ4v) is 2.43. The molecule has 21 heavy (non-hydrogen) atoms. The first-order chi connectivity index (χ1) is 9.91. The van der Waals surface area contributed by atoms with Crippen LogP contribution in [0.3, 0.4) is 0 Å². The van der Waals surface area contributed by atoms with Crippen molar-refractivity contribution in [3.8, 4) is 0 Å². The first-order valence-electron chi connectivity index (χ1n) is 7.88. The molecule has 0 bridgehead atoms. The van der Waals surface area contributed by atoms with E-state index in [1.807, 2.05) is 6.92 Å². The van der Waals surface area contributed by atoms with Gasteiger partial charge in [0.05, 0.1) is 5.41 Å². The quantitative estimate of drug-likeness (QED) is 0.666. The summed E-state index contributed by atoms with van der Waals surface area (Å²) in [5.41, 5.74) is -0.899. The molecule has 0 aromatic heterocycles. The number of rotatable bonds is 7. The van der Waals surface area contributed by atoms with Gasteiger partial charge in [0.25, 0.3) is 0 Å². The van der Waals surface area contributed by atoms with Crippen molar-refractivity contribution in [2.45, 2.75) is 40.0 Å². The monoisotopic (exact) mass is 299 g/mol. The summed E-state index contributed by atoms with van der Waals surface area (Å²) in [5, 5.41) is 14.7. The van der Waals surface area contributed by atoms with Crippen molar-refractivity contribution in [2.24, 2.45) is 11.3 Å². The van der Waals surface area contributed by atoms with E-state index >= 15 is 0 Å². The summed E-state index contributed by atoms with van der Waals surface area (Å²) >= 11 is 0. The number of hydrogen-bond acceptors (Lipinski definition) is 3. The number of piperidine rings is 1. The van der Waals surface area contributed by atoms with Crippen molar-refractivity contribution in [2.75, 3.05) is 32.7 Å². The molecule has 0 aromatic carbocycles. The third-order valence-electron chi connectivity index (χ3n) is 4.64. The maximum Gasteiger partial charge on any atom is 0.314 e. The van der Waals surface area contributed by atoms with Crippen molar-refractivity contribution in [1.82, 2.24) is 15.5 Å². The van der Waals surface area contributed by atoms with Gasteiger partial charge in [-0.3, -0.25) is 4.79 Å². The van der Waals surface area contributed by atoms with Crippen LogP contribution < -0.4 is 10.6 Å². The van der Waals surface area contributed by atoms with Gasteiger partial charge in [-0.1, -0.05) is 13.8 Å². The van der Waals surface area contributed by atoms with Gasteiger partial charge in [0.1, 0.15) is 0 Å². The number of carboxylic acids is 1. The Labute approximate surface area is 127 Å². The molecule has 3 N–H and O–H groups in total. The lowest BCUT2D eigenvalue weighted by atomic mass is 9.88. The molecule has 0 aromatic rings. The summed E-state index contributed by atoms with van der Waals surface area (Å²) in [6, 6.07) is -0.270.